The van der Waals surface area contributed by atoms with Crippen molar-refractivity contribution in [3.05, 3.63) is 88.0 Å². The van der Waals surface area contributed by atoms with Crippen LogP contribution in [0.25, 0.3) is 5.69 Å². The van der Waals surface area contributed by atoms with Gasteiger partial charge in [-0.2, -0.15) is 0 Å². The molecular weight excluding hydrogens is 478 g/mol. The molecule has 2 heterocycles. The van der Waals surface area contributed by atoms with E-state index in [9.17, 15) is 14.7 Å². The van der Waals surface area contributed by atoms with Crippen molar-refractivity contribution < 1.29 is 29.2 Å². The van der Waals surface area contributed by atoms with E-state index in [1.807, 2.05) is 44.3 Å². The van der Waals surface area contributed by atoms with Crippen LogP contribution in [-0.4, -0.2) is 58.2 Å². The van der Waals surface area contributed by atoms with Crippen LogP contribution in [0, 0.1) is 6.92 Å². The van der Waals surface area contributed by atoms with Gasteiger partial charge in [-0.1, -0.05) is 24.3 Å². The summed E-state index contributed by atoms with van der Waals surface area (Å²) in [6.07, 6.45) is 1.15. The van der Waals surface area contributed by atoms with Gasteiger partial charge in [0.05, 0.1) is 32.1 Å². The number of allylic oxidation sites excluding steroid dienone is 1. The highest BCUT2D eigenvalue weighted by atomic mass is 16.7. The van der Waals surface area contributed by atoms with E-state index < -0.39 is 18.1 Å². The molecule has 10 heteroatoms. The van der Waals surface area contributed by atoms with E-state index in [4.69, 9.17) is 19.3 Å². The number of aromatic nitrogens is 2. The van der Waals surface area contributed by atoms with Gasteiger partial charge in [0.2, 0.25) is 6.29 Å². The summed E-state index contributed by atoms with van der Waals surface area (Å²) >= 11 is 0. The van der Waals surface area contributed by atoms with E-state index >= 15 is 0 Å². The summed E-state index contributed by atoms with van der Waals surface area (Å²) in [7, 11) is 1.82. The van der Waals surface area contributed by atoms with Crippen LogP contribution < -0.4 is 10.9 Å². The average Bonchev–Trinajstić information content (AvgIpc) is 3.11. The summed E-state index contributed by atoms with van der Waals surface area (Å²) in [5, 5.41) is 21.3. The molecule has 4 rings (SSSR count). The molecular formula is C27H31N3O7. The second-order valence-corrected chi connectivity index (χ2v) is 8.61. The molecule has 3 aromatic rings. The molecule has 0 unspecified atom stereocenters. The maximum Gasteiger partial charge on any atom is 0.290 e. The highest BCUT2D eigenvalue weighted by molar-refractivity contribution is 6.02. The quantitative estimate of drug-likeness (QED) is 0.359. The van der Waals surface area contributed by atoms with E-state index in [1.54, 1.807) is 27.6 Å². The monoisotopic (exact) mass is 509 g/mol. The molecule has 10 nitrogen and oxygen atoms in total. The number of amides is 1. The molecule has 1 aliphatic heterocycles. The van der Waals surface area contributed by atoms with E-state index in [2.05, 4.69) is 5.32 Å². The highest BCUT2D eigenvalue weighted by Gasteiger charge is 2.33. The Morgan fingerprint density at radius 2 is 1.92 bits per heavy atom. The van der Waals surface area contributed by atoms with Gasteiger partial charge < -0.3 is 29.7 Å². The number of aliphatic hydroxyl groups is 1. The molecule has 37 heavy (non-hydrogen) atoms. The number of phenols is 1. The Labute approximate surface area is 214 Å². The number of hydrogen-bond acceptors (Lipinski definition) is 7. The van der Waals surface area contributed by atoms with Gasteiger partial charge in [0.25, 0.3) is 11.5 Å². The maximum atomic E-state index is 13.6. The summed E-state index contributed by atoms with van der Waals surface area (Å²) < 4.78 is 20.3. The van der Waals surface area contributed by atoms with Crippen molar-refractivity contribution in [2.24, 2.45) is 7.05 Å². The van der Waals surface area contributed by atoms with Gasteiger partial charge in [0.1, 0.15) is 5.75 Å². The van der Waals surface area contributed by atoms with Crippen molar-refractivity contribution in [1.82, 2.24) is 9.36 Å². The average molecular weight is 510 g/mol. The van der Waals surface area contributed by atoms with Crippen LogP contribution in [0.5, 0.6) is 5.75 Å². The van der Waals surface area contributed by atoms with Crippen molar-refractivity contribution in [2.45, 2.75) is 25.6 Å². The van der Waals surface area contributed by atoms with Gasteiger partial charge in [-0.15, -0.1) is 0 Å². The van der Waals surface area contributed by atoms with Gasteiger partial charge in [-0.05, 0) is 37.3 Å². The molecule has 0 radical (unpaired) electrons. The number of hydrogen-bond donors (Lipinski definition) is 3. The van der Waals surface area contributed by atoms with Crippen molar-refractivity contribution >= 4 is 11.6 Å². The lowest BCUT2D eigenvalue weighted by Gasteiger charge is -2.29. The van der Waals surface area contributed by atoms with E-state index in [-0.39, 0.29) is 43.5 Å². The molecule has 1 aromatic heterocycles. The number of carbonyl (C=O) groups is 1. The lowest BCUT2D eigenvalue weighted by Crippen LogP contribution is -2.32. The molecule has 0 bridgehead atoms. The largest absolute Gasteiger partial charge is 0.508 e. The Morgan fingerprint density at radius 3 is 2.65 bits per heavy atom. The zero-order chi connectivity index (χ0) is 26.4. The minimum Gasteiger partial charge on any atom is -0.508 e. The number of benzene rings is 2. The fourth-order valence-corrected chi connectivity index (χ4v) is 4.32. The smallest absolute Gasteiger partial charge is 0.290 e. The highest BCUT2D eigenvalue weighted by Crippen LogP contribution is 2.32. The molecule has 196 valence electrons. The first-order chi connectivity index (χ1) is 17.9. The molecule has 0 fully saturated rings. The standard InChI is InChI=1S/C27H31N3O7/c1-18-25(27(34)30(29(18)2)21-8-4-3-5-9-21)19-15-23(26(33)28-20-7-6-10-22(32)17-20)37-24(16-19)36-14-13-35-12-11-31/h3-10,15,17,19,24,31-32H,11-14,16H2,1-2H3,(H,28,33)/t19-,24+/m1/s1. The molecule has 2 atom stereocenters. The third kappa shape index (κ3) is 6.11. The van der Waals surface area contributed by atoms with Gasteiger partial charge in [0, 0.05) is 42.4 Å². The van der Waals surface area contributed by atoms with Crippen molar-refractivity contribution in [3.63, 3.8) is 0 Å². The minimum absolute atomic E-state index is 0.00906. The van der Waals surface area contributed by atoms with Crippen LogP contribution >= 0.6 is 0 Å². The molecule has 3 N–H and O–H groups in total. The molecule has 0 saturated carbocycles. The molecule has 1 amide bonds. The Balaban J connectivity index is 1.64. The van der Waals surface area contributed by atoms with Gasteiger partial charge in [-0.3, -0.25) is 14.3 Å². The summed E-state index contributed by atoms with van der Waals surface area (Å²) in [6, 6.07) is 15.5. The predicted octanol–water partition coefficient (Wildman–Crippen LogP) is 2.57. The summed E-state index contributed by atoms with van der Waals surface area (Å²) in [6.45, 7) is 2.39. The van der Waals surface area contributed by atoms with Gasteiger partial charge >= 0.3 is 0 Å². The first kappa shape index (κ1) is 26.2. The van der Waals surface area contributed by atoms with Crippen LogP contribution in [0.4, 0.5) is 5.69 Å². The van der Waals surface area contributed by atoms with Crippen LogP contribution in [-0.2, 0) is 26.1 Å². The number of rotatable bonds is 10. The Kier molecular flexibility index (Phi) is 8.44. The first-order valence-electron chi connectivity index (χ1n) is 12.0. The SMILES string of the molecule is Cc1c([C@@H]2C=C(C(=O)Nc3cccc(O)c3)O[C@H](OCCOCCO)C2)c(=O)n(-c2ccccc2)n1C. The number of nitrogens with zero attached hydrogens (tertiary/aromatic N) is 2. The number of aromatic hydroxyl groups is 1. The van der Waals surface area contributed by atoms with Gasteiger partial charge in [0.15, 0.2) is 5.76 Å². The van der Waals surface area contributed by atoms with E-state index in [0.717, 1.165) is 11.4 Å². The minimum atomic E-state index is -0.804. The van der Waals surface area contributed by atoms with Crippen molar-refractivity contribution in [2.75, 3.05) is 31.7 Å². The topological polar surface area (TPSA) is 124 Å². The lowest BCUT2D eigenvalue weighted by molar-refractivity contribution is -0.148. The van der Waals surface area contributed by atoms with Crippen LogP contribution in [0.2, 0.25) is 0 Å². The Bertz CT molecular complexity index is 1310. The number of carbonyl (C=O) groups excluding carboxylic acids is 1. The molecule has 2 aromatic carbocycles. The normalized spacial score (nSPS) is 17.2. The Morgan fingerprint density at radius 1 is 1.14 bits per heavy atom. The van der Waals surface area contributed by atoms with Crippen molar-refractivity contribution in [3.8, 4) is 11.4 Å². The number of phenolic OH excluding ortho intramolecular Hbond substituents is 1. The molecule has 1 aliphatic rings. The van der Waals surface area contributed by atoms with E-state index in [1.165, 1.54) is 12.1 Å². The van der Waals surface area contributed by atoms with Crippen molar-refractivity contribution in [1.29, 1.82) is 0 Å². The van der Waals surface area contributed by atoms with Crippen LogP contribution in [0.3, 0.4) is 0 Å². The number of anilines is 1. The number of para-hydroxylation sites is 1. The number of ether oxygens (including phenoxy) is 3. The fourth-order valence-electron chi connectivity index (χ4n) is 4.32. The zero-order valence-electron chi connectivity index (χ0n) is 20.8. The molecule has 0 spiro atoms. The summed E-state index contributed by atoms with van der Waals surface area (Å²) in [5.74, 6) is -0.961. The predicted molar refractivity (Wildman–Crippen MR) is 137 cm³/mol. The van der Waals surface area contributed by atoms with E-state index in [0.29, 0.717) is 17.7 Å². The lowest BCUT2D eigenvalue weighted by atomic mass is 9.93. The first-order valence-corrected chi connectivity index (χ1v) is 12.0. The van der Waals surface area contributed by atoms with Crippen LogP contribution in [0.1, 0.15) is 23.6 Å². The Hall–Kier alpha value is -3.86. The third-order valence-electron chi connectivity index (χ3n) is 6.12. The second kappa shape index (κ2) is 11.9. The number of aliphatic hydroxyl groups excluding tert-OH is 1. The summed E-state index contributed by atoms with van der Waals surface area (Å²) in [4.78, 5) is 26.7. The summed E-state index contributed by atoms with van der Waals surface area (Å²) in [5.41, 5.74) is 2.24. The molecule has 0 aliphatic carbocycles. The van der Waals surface area contributed by atoms with Gasteiger partial charge in [-0.25, -0.2) is 4.68 Å². The molecule has 0 saturated heterocycles. The van der Waals surface area contributed by atoms with Crippen LogP contribution in [0.15, 0.2) is 71.2 Å². The third-order valence-corrected chi connectivity index (χ3v) is 6.12. The zero-order valence-corrected chi connectivity index (χ0v) is 20.8. The number of nitrogens with one attached hydrogen (secondary N) is 1. The fraction of sp³-hybridized carbons (Fsp3) is 0.333. The maximum absolute atomic E-state index is 13.6. The second-order valence-electron chi connectivity index (χ2n) is 8.61.